The molecular formula is C15H14N2O2S. The highest BCUT2D eigenvalue weighted by molar-refractivity contribution is 7.09. The fourth-order valence-corrected chi connectivity index (χ4v) is 2.20. The number of amides is 1. The zero-order chi connectivity index (χ0) is 14.5. The van der Waals surface area contributed by atoms with Gasteiger partial charge >= 0.3 is 0 Å². The van der Waals surface area contributed by atoms with Crippen LogP contribution in [-0.2, 0) is 4.79 Å². The van der Waals surface area contributed by atoms with E-state index < -0.39 is 0 Å². The third kappa shape index (κ3) is 3.86. The zero-order valence-corrected chi connectivity index (χ0v) is 12.0. The molecule has 0 atom stereocenters. The standard InChI is InChI=1S/C15H14N2O2S/c1-10(18)12-4-3-5-13(8-12)17-15(19)7-6-14-9-20-11(2)16-14/h3-9H,1-2H3,(H,17,19)/b7-6+. The molecule has 0 saturated carbocycles. The minimum Gasteiger partial charge on any atom is -0.322 e. The van der Waals surface area contributed by atoms with E-state index in [0.717, 1.165) is 10.7 Å². The number of benzene rings is 1. The van der Waals surface area contributed by atoms with E-state index in [1.54, 1.807) is 30.3 Å². The third-order valence-corrected chi connectivity index (χ3v) is 3.37. The first-order valence-electron chi connectivity index (χ1n) is 6.07. The minimum atomic E-state index is -0.253. The Morgan fingerprint density at radius 2 is 2.15 bits per heavy atom. The van der Waals surface area contributed by atoms with Crippen molar-refractivity contribution in [1.82, 2.24) is 4.98 Å². The number of hydrogen-bond donors (Lipinski definition) is 1. The Kier molecular flexibility index (Phi) is 4.42. The molecule has 4 nitrogen and oxygen atoms in total. The Hall–Kier alpha value is -2.27. The molecule has 1 N–H and O–H groups in total. The second kappa shape index (κ2) is 6.25. The molecule has 102 valence electrons. The number of aromatic nitrogens is 1. The van der Waals surface area contributed by atoms with Crippen LogP contribution in [0.15, 0.2) is 35.7 Å². The highest BCUT2D eigenvalue weighted by Crippen LogP contribution is 2.12. The predicted octanol–water partition coefficient (Wildman–Crippen LogP) is 3.31. The molecule has 0 saturated heterocycles. The first-order valence-corrected chi connectivity index (χ1v) is 6.95. The van der Waals surface area contributed by atoms with Crippen molar-refractivity contribution in [3.8, 4) is 0 Å². The van der Waals surface area contributed by atoms with E-state index >= 15 is 0 Å². The summed E-state index contributed by atoms with van der Waals surface area (Å²) >= 11 is 1.53. The lowest BCUT2D eigenvalue weighted by Crippen LogP contribution is -2.08. The van der Waals surface area contributed by atoms with Gasteiger partial charge in [0.25, 0.3) is 0 Å². The average molecular weight is 286 g/mol. The fourth-order valence-electron chi connectivity index (χ4n) is 1.62. The van der Waals surface area contributed by atoms with Crippen molar-refractivity contribution in [3.05, 3.63) is 52.0 Å². The van der Waals surface area contributed by atoms with E-state index in [2.05, 4.69) is 10.3 Å². The summed E-state index contributed by atoms with van der Waals surface area (Å²) in [4.78, 5) is 27.3. The second-order valence-electron chi connectivity index (χ2n) is 4.25. The van der Waals surface area contributed by atoms with E-state index in [4.69, 9.17) is 0 Å². The number of thiazole rings is 1. The van der Waals surface area contributed by atoms with Crippen LogP contribution < -0.4 is 5.32 Å². The van der Waals surface area contributed by atoms with Gasteiger partial charge in [0.1, 0.15) is 0 Å². The summed E-state index contributed by atoms with van der Waals surface area (Å²) in [5, 5.41) is 5.55. The van der Waals surface area contributed by atoms with Crippen LogP contribution in [0.1, 0.15) is 28.0 Å². The molecule has 0 spiro atoms. The Morgan fingerprint density at radius 3 is 2.80 bits per heavy atom. The predicted molar refractivity (Wildman–Crippen MR) is 81.0 cm³/mol. The number of rotatable bonds is 4. The quantitative estimate of drug-likeness (QED) is 0.693. The highest BCUT2D eigenvalue weighted by Gasteiger charge is 2.02. The van der Waals surface area contributed by atoms with Crippen LogP contribution in [0.3, 0.4) is 0 Å². The van der Waals surface area contributed by atoms with Crippen LogP contribution in [0.5, 0.6) is 0 Å². The average Bonchev–Trinajstić information content (AvgIpc) is 2.82. The van der Waals surface area contributed by atoms with E-state index in [0.29, 0.717) is 11.3 Å². The molecular weight excluding hydrogens is 272 g/mol. The monoisotopic (exact) mass is 286 g/mol. The number of aryl methyl sites for hydroxylation is 1. The molecule has 1 amide bonds. The lowest BCUT2D eigenvalue weighted by molar-refractivity contribution is -0.111. The number of anilines is 1. The Bertz CT molecular complexity index is 674. The van der Waals surface area contributed by atoms with Crippen LogP contribution in [0.4, 0.5) is 5.69 Å². The molecule has 2 aromatic rings. The first-order chi connectivity index (χ1) is 9.54. The van der Waals surface area contributed by atoms with Crippen LogP contribution in [0.25, 0.3) is 6.08 Å². The molecule has 0 aliphatic rings. The molecule has 0 aliphatic carbocycles. The summed E-state index contributed by atoms with van der Waals surface area (Å²) in [6.07, 6.45) is 3.09. The smallest absolute Gasteiger partial charge is 0.248 e. The molecule has 0 bridgehead atoms. The molecule has 0 fully saturated rings. The van der Waals surface area contributed by atoms with Gasteiger partial charge in [-0.25, -0.2) is 4.98 Å². The molecule has 2 rings (SSSR count). The molecule has 1 heterocycles. The van der Waals surface area contributed by atoms with E-state index in [1.807, 2.05) is 12.3 Å². The van der Waals surface area contributed by atoms with Crippen molar-refractivity contribution in [2.24, 2.45) is 0 Å². The topological polar surface area (TPSA) is 59.1 Å². The Balaban J connectivity index is 2.02. The summed E-state index contributed by atoms with van der Waals surface area (Å²) in [5.41, 5.74) is 1.93. The number of carbonyl (C=O) groups is 2. The summed E-state index contributed by atoms with van der Waals surface area (Å²) in [5.74, 6) is -0.286. The summed E-state index contributed by atoms with van der Waals surface area (Å²) < 4.78 is 0. The van der Waals surface area contributed by atoms with Crippen LogP contribution in [0, 0.1) is 6.92 Å². The number of ketones is 1. The van der Waals surface area contributed by atoms with Gasteiger partial charge in [-0.3, -0.25) is 9.59 Å². The van der Waals surface area contributed by atoms with Gasteiger partial charge in [0.2, 0.25) is 5.91 Å². The van der Waals surface area contributed by atoms with Crippen molar-refractivity contribution in [3.63, 3.8) is 0 Å². The summed E-state index contributed by atoms with van der Waals surface area (Å²) in [6, 6.07) is 6.85. The number of nitrogens with one attached hydrogen (secondary N) is 1. The molecule has 5 heteroatoms. The number of carbonyl (C=O) groups excluding carboxylic acids is 2. The second-order valence-corrected chi connectivity index (χ2v) is 5.31. The summed E-state index contributed by atoms with van der Waals surface area (Å²) in [6.45, 7) is 3.40. The van der Waals surface area contributed by atoms with Crippen LogP contribution in [-0.4, -0.2) is 16.7 Å². The molecule has 1 aromatic carbocycles. The number of hydrogen-bond acceptors (Lipinski definition) is 4. The number of Topliss-reactive ketones (excluding diaryl/α,β-unsaturated/α-hetero) is 1. The maximum absolute atomic E-state index is 11.8. The first kappa shape index (κ1) is 14.1. The van der Waals surface area contributed by atoms with Crippen molar-refractivity contribution in [2.45, 2.75) is 13.8 Å². The number of nitrogens with zero attached hydrogens (tertiary/aromatic N) is 1. The van der Waals surface area contributed by atoms with Crippen LogP contribution in [0.2, 0.25) is 0 Å². The molecule has 0 aliphatic heterocycles. The van der Waals surface area contributed by atoms with Gasteiger partial charge in [-0.15, -0.1) is 11.3 Å². The Labute approximate surface area is 121 Å². The highest BCUT2D eigenvalue weighted by atomic mass is 32.1. The van der Waals surface area contributed by atoms with Crippen molar-refractivity contribution in [1.29, 1.82) is 0 Å². The van der Waals surface area contributed by atoms with Gasteiger partial charge in [-0.1, -0.05) is 12.1 Å². The van der Waals surface area contributed by atoms with E-state index in [9.17, 15) is 9.59 Å². The van der Waals surface area contributed by atoms with Gasteiger partial charge in [-0.05, 0) is 32.1 Å². The normalized spacial score (nSPS) is 10.7. The van der Waals surface area contributed by atoms with Crippen molar-refractivity contribution >= 4 is 34.8 Å². The lowest BCUT2D eigenvalue weighted by Gasteiger charge is -2.03. The van der Waals surface area contributed by atoms with Gasteiger partial charge in [0.05, 0.1) is 10.7 Å². The van der Waals surface area contributed by atoms with Crippen molar-refractivity contribution in [2.75, 3.05) is 5.32 Å². The minimum absolute atomic E-state index is 0.0328. The maximum Gasteiger partial charge on any atom is 0.248 e. The van der Waals surface area contributed by atoms with Crippen molar-refractivity contribution < 1.29 is 9.59 Å². The largest absolute Gasteiger partial charge is 0.322 e. The van der Waals surface area contributed by atoms with E-state index in [-0.39, 0.29) is 11.7 Å². The van der Waals surface area contributed by atoms with Gasteiger partial charge in [0, 0.05) is 22.7 Å². The van der Waals surface area contributed by atoms with Gasteiger partial charge in [-0.2, -0.15) is 0 Å². The lowest BCUT2D eigenvalue weighted by atomic mass is 10.1. The zero-order valence-electron chi connectivity index (χ0n) is 11.2. The van der Waals surface area contributed by atoms with Crippen LogP contribution >= 0.6 is 11.3 Å². The van der Waals surface area contributed by atoms with E-state index in [1.165, 1.54) is 24.3 Å². The SMILES string of the molecule is CC(=O)c1cccc(NC(=O)/C=C/c2csc(C)n2)c1. The third-order valence-electron chi connectivity index (χ3n) is 2.58. The molecule has 20 heavy (non-hydrogen) atoms. The molecule has 1 aromatic heterocycles. The Morgan fingerprint density at radius 1 is 1.35 bits per heavy atom. The van der Waals surface area contributed by atoms with Gasteiger partial charge in [0.15, 0.2) is 5.78 Å². The fraction of sp³-hybridized carbons (Fsp3) is 0.133. The van der Waals surface area contributed by atoms with Gasteiger partial charge < -0.3 is 5.32 Å². The molecule has 0 unspecified atom stereocenters. The summed E-state index contributed by atoms with van der Waals surface area (Å²) in [7, 11) is 0. The molecule has 0 radical (unpaired) electrons. The maximum atomic E-state index is 11.8.